The number of thioether (sulfide) groups is 1. The molecule has 0 radical (unpaired) electrons. The summed E-state index contributed by atoms with van der Waals surface area (Å²) in [6.45, 7) is 7.03. The lowest BCUT2D eigenvalue weighted by Gasteiger charge is -2.20. The first kappa shape index (κ1) is 24.5. The highest BCUT2D eigenvalue weighted by Gasteiger charge is 2.26. The lowest BCUT2D eigenvalue weighted by atomic mass is 9.96. The van der Waals surface area contributed by atoms with E-state index in [1.807, 2.05) is 20.8 Å². The third-order valence-electron chi connectivity index (χ3n) is 4.89. The topological polar surface area (TPSA) is 98.9 Å². The first-order valence-electron chi connectivity index (χ1n) is 9.83. The molecule has 3 rings (SSSR count). The summed E-state index contributed by atoms with van der Waals surface area (Å²) < 4.78 is 42.7. The monoisotopic (exact) mass is 481 g/mol. The minimum atomic E-state index is -1.70. The molecule has 0 saturated heterocycles. The van der Waals surface area contributed by atoms with Crippen LogP contribution >= 0.6 is 11.8 Å². The Hall–Kier alpha value is -3.15. The molecule has 8 nitrogen and oxygen atoms in total. The van der Waals surface area contributed by atoms with Crippen molar-refractivity contribution in [2.24, 2.45) is 14.1 Å². The molecule has 1 aromatic carbocycles. The third kappa shape index (κ3) is 4.52. The second-order valence-electron chi connectivity index (χ2n) is 8.48. The Bertz CT molecular complexity index is 1400. The largest absolute Gasteiger partial charge is 0.332 e. The maximum Gasteiger partial charge on any atom is 0.332 e. The number of hydrogen-bond donors (Lipinski definition) is 1. The summed E-state index contributed by atoms with van der Waals surface area (Å²) >= 11 is 0.899. The van der Waals surface area contributed by atoms with Crippen LogP contribution in [0, 0.1) is 17.5 Å². The van der Waals surface area contributed by atoms with Gasteiger partial charge in [0.05, 0.1) is 10.9 Å². The number of fused-ring (bicyclic) bond motifs is 1. The second-order valence-corrected chi connectivity index (χ2v) is 9.81. The van der Waals surface area contributed by atoms with Gasteiger partial charge in [0.15, 0.2) is 23.1 Å². The van der Waals surface area contributed by atoms with Gasteiger partial charge in [-0.2, -0.15) is 0 Å². The number of benzene rings is 1. The van der Waals surface area contributed by atoms with E-state index in [1.165, 1.54) is 25.6 Å². The highest BCUT2D eigenvalue weighted by molar-refractivity contribution is 8.00. The fourth-order valence-corrected chi connectivity index (χ4v) is 3.86. The number of aromatic nitrogens is 4. The van der Waals surface area contributed by atoms with E-state index in [9.17, 15) is 27.6 Å². The van der Waals surface area contributed by atoms with Crippen molar-refractivity contribution in [2.45, 2.75) is 43.4 Å². The normalized spacial score (nSPS) is 12.8. The van der Waals surface area contributed by atoms with Gasteiger partial charge in [0, 0.05) is 19.5 Å². The van der Waals surface area contributed by atoms with Gasteiger partial charge in [0.25, 0.3) is 5.56 Å². The molecule has 1 atom stereocenters. The number of anilines is 1. The van der Waals surface area contributed by atoms with Crippen LogP contribution in [-0.2, 0) is 24.3 Å². The molecule has 176 valence electrons. The van der Waals surface area contributed by atoms with E-state index in [0.29, 0.717) is 11.9 Å². The molecule has 0 aliphatic carbocycles. The Balaban J connectivity index is 2.07. The standard InChI is InChI=1S/C21H22F3N5O3S/c1-9(16(30)25-11-8-7-10(22)13(23)14(11)24)33-17-12-15(26-19(27-17)21(2,3)4)28(5)20(32)29(6)18(12)31/h7-9H,1-6H3,(H,25,30). The number of carbonyl (C=O) groups excluding carboxylic acids is 1. The first-order chi connectivity index (χ1) is 15.2. The maximum absolute atomic E-state index is 14.0. The van der Waals surface area contributed by atoms with E-state index in [4.69, 9.17) is 0 Å². The fourth-order valence-electron chi connectivity index (χ4n) is 2.93. The molecule has 2 aromatic heterocycles. The molecule has 12 heteroatoms. The van der Waals surface area contributed by atoms with Crippen LogP contribution in [0.15, 0.2) is 26.7 Å². The summed E-state index contributed by atoms with van der Waals surface area (Å²) in [5, 5.41) is 1.50. The van der Waals surface area contributed by atoms with Gasteiger partial charge in [-0.05, 0) is 19.1 Å². The molecule has 0 aliphatic rings. The van der Waals surface area contributed by atoms with E-state index >= 15 is 0 Å². The Morgan fingerprint density at radius 1 is 1.06 bits per heavy atom. The summed E-state index contributed by atoms with van der Waals surface area (Å²) in [6.07, 6.45) is 0. The van der Waals surface area contributed by atoms with Gasteiger partial charge in [-0.1, -0.05) is 32.5 Å². The molecule has 0 spiro atoms. The average Bonchev–Trinajstić information content (AvgIpc) is 2.75. The molecular formula is C21H22F3N5O3S. The summed E-state index contributed by atoms with van der Waals surface area (Å²) in [6, 6.07) is 1.61. The Kier molecular flexibility index (Phi) is 6.42. The number of carbonyl (C=O) groups is 1. The minimum Gasteiger partial charge on any atom is -0.323 e. The zero-order valence-electron chi connectivity index (χ0n) is 18.8. The Morgan fingerprint density at radius 2 is 1.70 bits per heavy atom. The lowest BCUT2D eigenvalue weighted by molar-refractivity contribution is -0.115. The van der Waals surface area contributed by atoms with E-state index < -0.39 is 51.0 Å². The zero-order valence-corrected chi connectivity index (χ0v) is 19.6. The predicted molar refractivity (Wildman–Crippen MR) is 119 cm³/mol. The van der Waals surface area contributed by atoms with Crippen molar-refractivity contribution < 1.29 is 18.0 Å². The second kappa shape index (κ2) is 8.65. The van der Waals surface area contributed by atoms with Crippen LogP contribution in [0.4, 0.5) is 18.9 Å². The van der Waals surface area contributed by atoms with Crippen LogP contribution < -0.4 is 16.6 Å². The fraction of sp³-hybridized carbons (Fsp3) is 0.381. The zero-order chi connectivity index (χ0) is 24.8. The van der Waals surface area contributed by atoms with Crippen LogP contribution in [0.25, 0.3) is 11.0 Å². The van der Waals surface area contributed by atoms with Crippen molar-refractivity contribution in [1.82, 2.24) is 19.1 Å². The van der Waals surface area contributed by atoms with Gasteiger partial charge in [-0.25, -0.2) is 27.9 Å². The summed E-state index contributed by atoms with van der Waals surface area (Å²) in [7, 11) is 2.79. The van der Waals surface area contributed by atoms with Gasteiger partial charge in [-0.3, -0.25) is 18.7 Å². The van der Waals surface area contributed by atoms with Crippen LogP contribution in [0.1, 0.15) is 33.5 Å². The molecule has 0 fully saturated rings. The number of hydrogen-bond acceptors (Lipinski definition) is 6. The molecule has 0 saturated carbocycles. The number of nitrogens with zero attached hydrogens (tertiary/aromatic N) is 4. The van der Waals surface area contributed by atoms with Gasteiger partial charge in [-0.15, -0.1) is 0 Å². The van der Waals surface area contributed by atoms with Crippen LogP contribution in [0.3, 0.4) is 0 Å². The maximum atomic E-state index is 14.0. The highest BCUT2D eigenvalue weighted by Crippen LogP contribution is 2.30. The Labute approximate surface area is 190 Å². The smallest absolute Gasteiger partial charge is 0.323 e. The van der Waals surface area contributed by atoms with Gasteiger partial charge in [0.1, 0.15) is 16.2 Å². The predicted octanol–water partition coefficient (Wildman–Crippen LogP) is 2.86. The van der Waals surface area contributed by atoms with Crippen molar-refractivity contribution in [3.8, 4) is 0 Å². The molecule has 33 heavy (non-hydrogen) atoms. The number of amides is 1. The molecule has 0 aliphatic heterocycles. The van der Waals surface area contributed by atoms with E-state index in [0.717, 1.165) is 22.4 Å². The van der Waals surface area contributed by atoms with Crippen molar-refractivity contribution in [2.75, 3.05) is 5.32 Å². The number of aryl methyl sites for hydroxylation is 1. The van der Waals surface area contributed by atoms with Crippen LogP contribution in [-0.4, -0.2) is 30.3 Å². The lowest BCUT2D eigenvalue weighted by Crippen LogP contribution is -2.38. The summed E-state index contributed by atoms with van der Waals surface area (Å²) in [5.74, 6) is -4.98. The van der Waals surface area contributed by atoms with Crippen molar-refractivity contribution >= 4 is 34.4 Å². The minimum absolute atomic E-state index is 0.0521. The van der Waals surface area contributed by atoms with E-state index in [1.54, 1.807) is 0 Å². The van der Waals surface area contributed by atoms with E-state index in [-0.39, 0.29) is 16.1 Å². The van der Waals surface area contributed by atoms with Gasteiger partial charge >= 0.3 is 5.69 Å². The molecule has 1 unspecified atom stereocenters. The first-order valence-corrected chi connectivity index (χ1v) is 10.7. The van der Waals surface area contributed by atoms with Crippen molar-refractivity contribution in [1.29, 1.82) is 0 Å². The molecule has 2 heterocycles. The summed E-state index contributed by atoms with van der Waals surface area (Å²) in [5.41, 5.74) is -2.14. The van der Waals surface area contributed by atoms with E-state index in [2.05, 4.69) is 15.3 Å². The molecule has 0 bridgehead atoms. The molecule has 1 N–H and O–H groups in total. The average molecular weight is 482 g/mol. The quantitative estimate of drug-likeness (QED) is 0.350. The van der Waals surface area contributed by atoms with Crippen LogP contribution in [0.5, 0.6) is 0 Å². The number of rotatable bonds is 4. The molecule has 1 amide bonds. The molecular weight excluding hydrogens is 459 g/mol. The summed E-state index contributed by atoms with van der Waals surface area (Å²) in [4.78, 5) is 46.8. The van der Waals surface area contributed by atoms with Crippen LogP contribution in [0.2, 0.25) is 0 Å². The highest BCUT2D eigenvalue weighted by atomic mass is 32.2. The van der Waals surface area contributed by atoms with Crippen molar-refractivity contribution in [3.05, 3.63) is 56.2 Å². The van der Waals surface area contributed by atoms with Gasteiger partial charge < -0.3 is 5.32 Å². The van der Waals surface area contributed by atoms with Gasteiger partial charge in [0.2, 0.25) is 5.91 Å². The molecule has 3 aromatic rings. The third-order valence-corrected chi connectivity index (χ3v) is 5.97. The SMILES string of the molecule is CC(Sc1nc(C(C)(C)C)nc2c1c(=O)n(C)c(=O)n2C)C(=O)Nc1ccc(F)c(F)c1F. The number of nitrogens with one attached hydrogen (secondary N) is 1. The van der Waals surface area contributed by atoms with Crippen molar-refractivity contribution in [3.63, 3.8) is 0 Å². The number of halogens is 3. The Morgan fingerprint density at radius 3 is 2.30 bits per heavy atom.